The van der Waals surface area contributed by atoms with Crippen molar-refractivity contribution in [3.63, 3.8) is 0 Å². The summed E-state index contributed by atoms with van der Waals surface area (Å²) in [5.41, 5.74) is 0.961. The first-order chi connectivity index (χ1) is 19.9. The molecule has 0 aromatic heterocycles. The van der Waals surface area contributed by atoms with Crippen LogP contribution in [-0.4, -0.2) is 42.8 Å². The Labute approximate surface area is 327 Å². The number of carboxylic acid groups (broad SMARTS) is 1. The number of methoxy groups -OCH3 is 1. The predicted molar refractivity (Wildman–Crippen MR) is 169 cm³/mol. The normalized spacial score (nSPS) is 22.9. The van der Waals surface area contributed by atoms with Crippen LogP contribution in [0, 0.1) is 30.1 Å². The molecule has 0 spiro atoms. The van der Waals surface area contributed by atoms with E-state index < -0.39 is 16.8 Å². The number of benzene rings is 2. The summed E-state index contributed by atoms with van der Waals surface area (Å²) >= 11 is 0. The number of ether oxygens (including phenoxy) is 3. The third-order valence-corrected chi connectivity index (χ3v) is 8.78. The van der Waals surface area contributed by atoms with E-state index in [0.29, 0.717) is 26.2 Å². The number of hydrogen-bond acceptors (Lipinski definition) is 6. The Morgan fingerprint density at radius 1 is 0.822 bits per heavy atom. The molecule has 9 heteroatoms. The molecule has 2 aromatic rings. The van der Waals surface area contributed by atoms with E-state index in [4.69, 9.17) is 14.2 Å². The second kappa shape index (κ2) is 24.2. The van der Waals surface area contributed by atoms with Crippen LogP contribution < -0.4 is 51.4 Å². The van der Waals surface area contributed by atoms with Crippen molar-refractivity contribution in [1.82, 2.24) is 0 Å². The van der Waals surface area contributed by atoms with Crippen LogP contribution in [-0.2, 0) is 58.1 Å². The van der Waals surface area contributed by atoms with Crippen molar-refractivity contribution >= 4 is 11.9 Å². The molecule has 4 rings (SSSR count). The van der Waals surface area contributed by atoms with Gasteiger partial charge in [-0.15, -0.1) is 13.2 Å². The molecule has 0 bridgehead atoms. The van der Waals surface area contributed by atoms with E-state index in [9.17, 15) is 14.7 Å². The predicted octanol–water partition coefficient (Wildman–Crippen LogP) is 4.66. The summed E-state index contributed by atoms with van der Waals surface area (Å²) in [5, 5.41) is 9.64. The molecule has 45 heavy (non-hydrogen) atoms. The van der Waals surface area contributed by atoms with Gasteiger partial charge in [0.15, 0.2) is 0 Å². The first kappa shape index (κ1) is 46.2. The van der Waals surface area contributed by atoms with Crippen LogP contribution in [0.3, 0.4) is 0 Å². The third kappa shape index (κ3) is 12.9. The van der Waals surface area contributed by atoms with Crippen LogP contribution in [0.2, 0.25) is 0 Å². The first-order valence-electron chi connectivity index (χ1n) is 14.7. The van der Waals surface area contributed by atoms with E-state index in [1.165, 1.54) is 7.11 Å². The van der Waals surface area contributed by atoms with E-state index in [1.807, 2.05) is 72.8 Å². The summed E-state index contributed by atoms with van der Waals surface area (Å²) in [6.07, 6.45) is 10.8. The molecule has 2 fully saturated rings. The number of rotatable bonds is 14. The van der Waals surface area contributed by atoms with Gasteiger partial charge in [0.2, 0.25) is 0 Å². The fourth-order valence-corrected chi connectivity index (χ4v) is 6.48. The van der Waals surface area contributed by atoms with E-state index in [0.717, 1.165) is 56.1 Å². The minimum Gasteiger partial charge on any atom is -0.870 e. The standard InChI is InChI=1S/C18H24O3.C17H22O3.CH3.K.H2O.W/c1-3-8-16-11-7-12-18(16,17(19)20-2)14-21-13-15-9-5-4-6-10-15;1-2-7-15-10-6-11-17(15,16(18)19)13-20-12-14-8-4-3-5-9-14;;;;/h3-6,9-10,16H,1,7-8,11-14H2,2H3;2-5,8-9,15H,1,6-7,10-13H2,(H,18,19);1H3;;1H2;/q;;-1;+1;;/p-1/t16-,18-;15-,17-;;;;/m11..../s1. The molecule has 0 unspecified atom stereocenters. The van der Waals surface area contributed by atoms with Gasteiger partial charge >= 0.3 is 63.3 Å². The van der Waals surface area contributed by atoms with Gasteiger partial charge in [-0.25, -0.2) is 0 Å². The van der Waals surface area contributed by atoms with Gasteiger partial charge in [0.1, 0.15) is 0 Å². The molecule has 2 aromatic carbocycles. The van der Waals surface area contributed by atoms with Crippen molar-refractivity contribution in [3.05, 3.63) is 105 Å². The fourth-order valence-electron chi connectivity index (χ4n) is 6.48. The van der Waals surface area contributed by atoms with Crippen molar-refractivity contribution in [2.45, 2.75) is 64.6 Å². The van der Waals surface area contributed by atoms with Crippen LogP contribution in [0.25, 0.3) is 0 Å². The topological polar surface area (TPSA) is 112 Å². The second-order valence-electron chi connectivity index (χ2n) is 11.3. The Hall–Kier alpha value is -0.935. The maximum atomic E-state index is 12.3. The van der Waals surface area contributed by atoms with Crippen molar-refractivity contribution in [1.29, 1.82) is 0 Å². The molecule has 7 nitrogen and oxygen atoms in total. The van der Waals surface area contributed by atoms with Gasteiger partial charge in [0.05, 0.1) is 44.4 Å². The summed E-state index contributed by atoms with van der Waals surface area (Å²) in [4.78, 5) is 24.1. The Bertz CT molecular complexity index is 1120. The molecule has 244 valence electrons. The van der Waals surface area contributed by atoms with E-state index in [2.05, 4.69) is 13.2 Å². The van der Waals surface area contributed by atoms with Crippen LogP contribution in [0.1, 0.15) is 62.5 Å². The number of allylic oxidation sites excluding steroid dienone is 2. The summed E-state index contributed by atoms with van der Waals surface area (Å²) < 4.78 is 16.7. The zero-order valence-electron chi connectivity index (χ0n) is 27.3. The van der Waals surface area contributed by atoms with E-state index in [1.54, 1.807) is 0 Å². The minimum absolute atomic E-state index is 0. The Kier molecular flexibility index (Phi) is 24.9. The molecule has 0 saturated heterocycles. The molecule has 0 amide bonds. The molecule has 0 radical (unpaired) electrons. The van der Waals surface area contributed by atoms with Gasteiger partial charge < -0.3 is 32.2 Å². The Morgan fingerprint density at radius 2 is 1.22 bits per heavy atom. The van der Waals surface area contributed by atoms with Gasteiger partial charge in [0, 0.05) is 21.1 Å². The van der Waals surface area contributed by atoms with Crippen molar-refractivity contribution < 1.29 is 107 Å². The number of aliphatic carboxylic acids is 1. The average Bonchev–Trinajstić information content (AvgIpc) is 3.60. The number of hydrogen-bond donors (Lipinski definition) is 1. The van der Waals surface area contributed by atoms with Crippen LogP contribution in [0.4, 0.5) is 0 Å². The molecular weight excluding hydrogens is 767 g/mol. The van der Waals surface area contributed by atoms with Crippen LogP contribution in [0.5, 0.6) is 0 Å². The van der Waals surface area contributed by atoms with Crippen LogP contribution in [0.15, 0.2) is 86.0 Å². The van der Waals surface area contributed by atoms with E-state index >= 15 is 0 Å². The van der Waals surface area contributed by atoms with Crippen molar-refractivity contribution in [3.8, 4) is 0 Å². The zero-order valence-corrected chi connectivity index (χ0v) is 33.4. The Morgan fingerprint density at radius 3 is 1.62 bits per heavy atom. The SMILES string of the molecule is C=CC[C@@H]1CCC[C@]1(COCc1ccccc1)C(=O)O.C=CC[C@@H]1CCC[C@]1(COCc1ccccc1)C(=O)OC.[CH3-].[K+].[OH-].[W]. The molecule has 0 aliphatic heterocycles. The number of carbonyl (C=O) groups excluding carboxylic acids is 1. The van der Waals surface area contributed by atoms with Gasteiger partial charge in [-0.3, -0.25) is 9.59 Å². The fraction of sp³-hybridized carbons (Fsp3) is 0.472. The van der Waals surface area contributed by atoms with Crippen molar-refractivity contribution in [2.24, 2.45) is 22.7 Å². The quantitative estimate of drug-likeness (QED) is 0.128. The maximum Gasteiger partial charge on any atom is 1.00 e. The van der Waals surface area contributed by atoms with Gasteiger partial charge in [-0.1, -0.05) is 85.7 Å². The van der Waals surface area contributed by atoms with Gasteiger partial charge in [0.25, 0.3) is 0 Å². The number of carboxylic acids is 1. The Balaban J connectivity index is 0. The summed E-state index contributed by atoms with van der Waals surface area (Å²) in [7, 11) is 1.46. The molecule has 2 aliphatic carbocycles. The van der Waals surface area contributed by atoms with Crippen molar-refractivity contribution in [2.75, 3.05) is 20.3 Å². The molecule has 2 aliphatic rings. The minimum atomic E-state index is -0.733. The summed E-state index contributed by atoms with van der Waals surface area (Å²) in [6, 6.07) is 19.9. The monoisotopic (exact) mass is 817 g/mol. The molecule has 0 heterocycles. The maximum absolute atomic E-state index is 12.3. The largest absolute Gasteiger partial charge is 1.00 e. The number of carbonyl (C=O) groups is 2. The van der Waals surface area contributed by atoms with Gasteiger partial charge in [-0.05, 0) is 61.5 Å². The molecule has 2 N–H and O–H groups in total. The molecule has 4 atom stereocenters. The molecule has 2 saturated carbocycles. The second-order valence-corrected chi connectivity index (χ2v) is 11.3. The smallest absolute Gasteiger partial charge is 0.870 e. The average molecular weight is 818 g/mol. The molecular formula is C36H50KO7W-. The third-order valence-electron chi connectivity index (χ3n) is 8.78. The van der Waals surface area contributed by atoms with Crippen LogP contribution >= 0.6 is 0 Å². The summed E-state index contributed by atoms with van der Waals surface area (Å²) in [5.74, 6) is -0.443. The first-order valence-corrected chi connectivity index (χ1v) is 14.7. The van der Waals surface area contributed by atoms with Gasteiger partial charge in [-0.2, -0.15) is 0 Å². The van der Waals surface area contributed by atoms with E-state index in [-0.39, 0.29) is 110 Å². The summed E-state index contributed by atoms with van der Waals surface area (Å²) in [6.45, 7) is 9.26. The number of esters is 1. The zero-order chi connectivity index (χ0) is 29.6.